The van der Waals surface area contributed by atoms with E-state index < -0.39 is 17.7 Å². The van der Waals surface area contributed by atoms with Crippen molar-refractivity contribution < 1.29 is 23.4 Å². The van der Waals surface area contributed by atoms with Crippen molar-refractivity contribution in [2.75, 3.05) is 26.2 Å². The summed E-state index contributed by atoms with van der Waals surface area (Å²) in [6.45, 7) is 1.88. The number of ether oxygens (including phenoxy) is 1. The van der Waals surface area contributed by atoms with Gasteiger partial charge in [0.2, 0.25) is 5.91 Å². The molecule has 3 rings (SSSR count). The number of rotatable bonds is 6. The second kappa shape index (κ2) is 8.29. The molecule has 2 unspecified atom stereocenters. The molecule has 2 fully saturated rings. The van der Waals surface area contributed by atoms with Gasteiger partial charge in [-0.05, 0) is 49.9 Å². The summed E-state index contributed by atoms with van der Waals surface area (Å²) in [6, 6.07) is 3.17. The Kier molecular flexibility index (Phi) is 6.59. The van der Waals surface area contributed by atoms with Crippen molar-refractivity contribution in [2.45, 2.75) is 25.4 Å². The molecule has 140 valence electrons. The van der Waals surface area contributed by atoms with Gasteiger partial charge in [0.1, 0.15) is 18.5 Å². The predicted octanol–water partition coefficient (Wildman–Crippen LogP) is 1.63. The highest BCUT2D eigenvalue weighted by molar-refractivity contribution is 5.85. The van der Waals surface area contributed by atoms with Gasteiger partial charge >= 0.3 is 0 Å². The zero-order chi connectivity index (χ0) is 17.2. The largest absolute Gasteiger partial charge is 0.491 e. The van der Waals surface area contributed by atoms with Crippen LogP contribution in [0.4, 0.5) is 8.78 Å². The van der Waals surface area contributed by atoms with Gasteiger partial charge in [-0.3, -0.25) is 4.79 Å². The number of aliphatic hydroxyl groups excluding tert-OH is 1. The zero-order valence-electron chi connectivity index (χ0n) is 13.8. The lowest BCUT2D eigenvalue weighted by Gasteiger charge is -2.23. The topological polar surface area (TPSA) is 70.6 Å². The van der Waals surface area contributed by atoms with E-state index in [4.69, 9.17) is 4.74 Å². The molecule has 1 spiro atoms. The third kappa shape index (κ3) is 4.80. The first-order valence-corrected chi connectivity index (χ1v) is 8.24. The Morgan fingerprint density at radius 2 is 2.08 bits per heavy atom. The summed E-state index contributed by atoms with van der Waals surface area (Å²) >= 11 is 0. The Labute approximate surface area is 151 Å². The van der Waals surface area contributed by atoms with Crippen molar-refractivity contribution in [3.05, 3.63) is 29.8 Å². The number of hydrogen-bond acceptors (Lipinski definition) is 4. The van der Waals surface area contributed by atoms with Crippen LogP contribution in [-0.2, 0) is 4.79 Å². The number of carbonyl (C=O) groups is 1. The number of carbonyl (C=O) groups excluding carboxylic acids is 1. The number of benzene rings is 1. The van der Waals surface area contributed by atoms with E-state index in [-0.39, 0.29) is 48.5 Å². The van der Waals surface area contributed by atoms with Crippen LogP contribution in [0.25, 0.3) is 0 Å². The van der Waals surface area contributed by atoms with Crippen LogP contribution in [0.2, 0.25) is 0 Å². The molecule has 0 radical (unpaired) electrons. The smallest absolute Gasteiger partial charge is 0.223 e. The van der Waals surface area contributed by atoms with Gasteiger partial charge in [0.05, 0.1) is 0 Å². The summed E-state index contributed by atoms with van der Waals surface area (Å²) in [6.07, 6.45) is 2.05. The molecule has 3 N–H and O–H groups in total. The maximum Gasteiger partial charge on any atom is 0.223 e. The van der Waals surface area contributed by atoms with Crippen molar-refractivity contribution in [3.8, 4) is 5.75 Å². The fraction of sp³-hybridized carbons (Fsp3) is 0.588. The molecular formula is C17H23ClF2N2O3. The molecule has 1 aromatic carbocycles. The minimum Gasteiger partial charge on any atom is -0.491 e. The summed E-state index contributed by atoms with van der Waals surface area (Å²) in [5.41, 5.74) is 0.155. The Bertz CT molecular complexity index is 612. The van der Waals surface area contributed by atoms with E-state index in [1.54, 1.807) is 0 Å². The Hall–Kier alpha value is -1.44. The Balaban J connectivity index is 0.00000225. The van der Waals surface area contributed by atoms with Crippen LogP contribution in [0.3, 0.4) is 0 Å². The second-order valence-electron chi connectivity index (χ2n) is 6.65. The number of amides is 1. The van der Waals surface area contributed by atoms with Crippen molar-refractivity contribution in [1.29, 1.82) is 0 Å². The van der Waals surface area contributed by atoms with Crippen LogP contribution in [0.15, 0.2) is 18.2 Å². The number of halogens is 3. The van der Waals surface area contributed by atoms with Crippen molar-refractivity contribution in [3.63, 3.8) is 0 Å². The highest BCUT2D eigenvalue weighted by Gasteiger charge is 2.57. The molecule has 1 amide bonds. The van der Waals surface area contributed by atoms with Gasteiger partial charge in [-0.15, -0.1) is 12.4 Å². The molecule has 2 atom stereocenters. The highest BCUT2D eigenvalue weighted by Crippen LogP contribution is 2.58. The summed E-state index contributed by atoms with van der Waals surface area (Å²) < 4.78 is 31.1. The average Bonchev–Trinajstić information content (AvgIpc) is 3.27. The maximum atomic E-state index is 13.0. The van der Waals surface area contributed by atoms with Crippen LogP contribution < -0.4 is 15.4 Å². The van der Waals surface area contributed by atoms with Crippen molar-refractivity contribution >= 4 is 18.3 Å². The fourth-order valence-corrected chi connectivity index (χ4v) is 3.36. The molecule has 1 saturated heterocycles. The van der Waals surface area contributed by atoms with E-state index in [9.17, 15) is 18.7 Å². The summed E-state index contributed by atoms with van der Waals surface area (Å²) in [4.78, 5) is 12.2. The van der Waals surface area contributed by atoms with Gasteiger partial charge < -0.3 is 20.5 Å². The molecule has 0 aromatic heterocycles. The minimum atomic E-state index is -1.00. The number of piperidine rings is 1. The molecule has 8 heteroatoms. The molecule has 1 aliphatic carbocycles. The Morgan fingerprint density at radius 1 is 1.36 bits per heavy atom. The van der Waals surface area contributed by atoms with E-state index >= 15 is 0 Å². The van der Waals surface area contributed by atoms with Crippen LogP contribution in [0, 0.1) is 23.0 Å². The molecular weight excluding hydrogens is 354 g/mol. The lowest BCUT2D eigenvalue weighted by molar-refractivity contribution is -0.123. The van der Waals surface area contributed by atoms with Crippen molar-refractivity contribution in [2.24, 2.45) is 11.3 Å². The Morgan fingerprint density at radius 3 is 2.76 bits per heavy atom. The monoisotopic (exact) mass is 376 g/mol. The SMILES string of the molecule is Cl.O=C(NCC(O)COc1ccc(F)c(F)c1)C1CC12CCNCC2. The summed E-state index contributed by atoms with van der Waals surface area (Å²) in [5.74, 6) is -1.81. The molecule has 1 aliphatic heterocycles. The minimum absolute atomic E-state index is 0. The molecule has 1 heterocycles. The molecule has 5 nitrogen and oxygen atoms in total. The van der Waals surface area contributed by atoms with E-state index in [1.807, 2.05) is 0 Å². The van der Waals surface area contributed by atoms with E-state index in [0.717, 1.165) is 44.5 Å². The molecule has 1 saturated carbocycles. The fourth-order valence-electron chi connectivity index (χ4n) is 3.36. The number of hydrogen-bond donors (Lipinski definition) is 3. The number of nitrogens with one attached hydrogen (secondary N) is 2. The quantitative estimate of drug-likeness (QED) is 0.706. The maximum absolute atomic E-state index is 13.0. The van der Waals surface area contributed by atoms with E-state index in [0.29, 0.717) is 0 Å². The van der Waals surface area contributed by atoms with Crippen LogP contribution >= 0.6 is 12.4 Å². The summed E-state index contributed by atoms with van der Waals surface area (Å²) in [5, 5.41) is 15.9. The molecule has 2 aliphatic rings. The van der Waals surface area contributed by atoms with Crippen LogP contribution in [-0.4, -0.2) is 43.4 Å². The van der Waals surface area contributed by atoms with E-state index in [1.165, 1.54) is 6.07 Å². The van der Waals surface area contributed by atoms with E-state index in [2.05, 4.69) is 10.6 Å². The lowest BCUT2D eigenvalue weighted by atomic mass is 9.92. The first-order valence-electron chi connectivity index (χ1n) is 8.24. The van der Waals surface area contributed by atoms with Crippen molar-refractivity contribution in [1.82, 2.24) is 10.6 Å². The van der Waals surface area contributed by atoms with Gasteiger partial charge in [-0.25, -0.2) is 8.78 Å². The van der Waals surface area contributed by atoms with Gasteiger partial charge in [-0.1, -0.05) is 0 Å². The van der Waals surface area contributed by atoms with Crippen LogP contribution in [0.1, 0.15) is 19.3 Å². The third-order valence-electron chi connectivity index (χ3n) is 4.95. The number of aliphatic hydroxyl groups is 1. The third-order valence-corrected chi connectivity index (χ3v) is 4.95. The predicted molar refractivity (Wildman–Crippen MR) is 90.8 cm³/mol. The first-order chi connectivity index (χ1) is 11.5. The summed E-state index contributed by atoms with van der Waals surface area (Å²) in [7, 11) is 0. The lowest BCUT2D eigenvalue weighted by Crippen LogP contribution is -2.38. The zero-order valence-corrected chi connectivity index (χ0v) is 14.6. The highest BCUT2D eigenvalue weighted by atomic mass is 35.5. The second-order valence-corrected chi connectivity index (χ2v) is 6.65. The van der Waals surface area contributed by atoms with Crippen LogP contribution in [0.5, 0.6) is 5.75 Å². The standard InChI is InChI=1S/C17H22F2N2O3.ClH/c18-14-2-1-12(7-15(14)19)24-10-11(22)9-21-16(23)13-8-17(13)3-5-20-6-4-17;/h1-2,7,11,13,20,22H,3-6,8-10H2,(H,21,23);1H. The molecule has 1 aromatic rings. The average molecular weight is 377 g/mol. The first kappa shape index (κ1) is 19.9. The molecule has 0 bridgehead atoms. The van der Waals surface area contributed by atoms with Gasteiger partial charge in [0.15, 0.2) is 11.6 Å². The molecule has 25 heavy (non-hydrogen) atoms. The normalized spacial score (nSPS) is 22.0. The van der Waals surface area contributed by atoms with Gasteiger partial charge in [0, 0.05) is 18.5 Å². The van der Waals surface area contributed by atoms with Gasteiger partial charge in [0.25, 0.3) is 0 Å². The van der Waals surface area contributed by atoms with Gasteiger partial charge in [-0.2, -0.15) is 0 Å².